The minimum Gasteiger partial charge on any atom is -0.378 e. The third-order valence-electron chi connectivity index (χ3n) is 5.18. The number of aromatic amines is 1. The van der Waals surface area contributed by atoms with Crippen molar-refractivity contribution in [1.82, 2.24) is 14.9 Å². The largest absolute Gasteiger partial charge is 0.378 e. The fraction of sp³-hybridized carbons (Fsp3) is 0.706. The Morgan fingerprint density at radius 1 is 1.20 bits per heavy atom. The second-order valence-corrected chi connectivity index (χ2v) is 6.86. The van der Waals surface area contributed by atoms with E-state index in [-0.39, 0.29) is 23.5 Å². The summed E-state index contributed by atoms with van der Waals surface area (Å²) in [7, 11) is 0. The van der Waals surface area contributed by atoms with Gasteiger partial charge in [-0.1, -0.05) is 0 Å². The number of amides is 1. The van der Waals surface area contributed by atoms with Gasteiger partial charge in [0.05, 0.1) is 18.9 Å². The van der Waals surface area contributed by atoms with Crippen LogP contribution in [0.15, 0.2) is 10.9 Å². The van der Waals surface area contributed by atoms with Crippen LogP contribution in [0.5, 0.6) is 0 Å². The third-order valence-corrected chi connectivity index (χ3v) is 5.18. The van der Waals surface area contributed by atoms with E-state index in [0.717, 1.165) is 38.0 Å². The van der Waals surface area contributed by atoms with Crippen LogP contribution >= 0.6 is 0 Å². The minimum atomic E-state index is -0.283. The lowest BCUT2D eigenvalue weighted by Gasteiger charge is -2.27. The van der Waals surface area contributed by atoms with E-state index in [4.69, 9.17) is 9.47 Å². The molecule has 3 saturated heterocycles. The van der Waals surface area contributed by atoms with Crippen molar-refractivity contribution in [1.29, 1.82) is 0 Å². The summed E-state index contributed by atoms with van der Waals surface area (Å²) < 4.78 is 10.9. The molecule has 0 bridgehead atoms. The van der Waals surface area contributed by atoms with Crippen molar-refractivity contribution in [3.8, 4) is 0 Å². The molecule has 0 spiro atoms. The molecule has 0 radical (unpaired) electrons. The number of hydrogen-bond acceptors (Lipinski definition) is 6. The van der Waals surface area contributed by atoms with E-state index in [0.29, 0.717) is 38.9 Å². The maximum atomic E-state index is 12.5. The number of nitrogens with one attached hydrogen (secondary N) is 1. The van der Waals surface area contributed by atoms with Gasteiger partial charge >= 0.3 is 0 Å². The average Bonchev–Trinajstić information content (AvgIpc) is 3.33. The fourth-order valence-electron chi connectivity index (χ4n) is 3.78. The van der Waals surface area contributed by atoms with Gasteiger partial charge in [-0.05, 0) is 19.3 Å². The van der Waals surface area contributed by atoms with Crippen LogP contribution in [-0.4, -0.2) is 72.9 Å². The topological polar surface area (TPSA) is 87.8 Å². The zero-order chi connectivity index (χ0) is 17.2. The number of likely N-dealkylation sites (tertiary alicyclic amines) is 1. The van der Waals surface area contributed by atoms with Gasteiger partial charge in [-0.3, -0.25) is 14.6 Å². The number of nitrogens with zero attached hydrogens (tertiary/aromatic N) is 3. The van der Waals surface area contributed by atoms with Gasteiger partial charge in [-0.2, -0.15) is 0 Å². The fourth-order valence-corrected chi connectivity index (χ4v) is 3.78. The lowest BCUT2D eigenvalue weighted by Crippen LogP contribution is -2.38. The van der Waals surface area contributed by atoms with E-state index in [1.165, 1.54) is 0 Å². The molecule has 8 heteroatoms. The van der Waals surface area contributed by atoms with Gasteiger partial charge in [0.15, 0.2) is 0 Å². The predicted molar refractivity (Wildman–Crippen MR) is 90.8 cm³/mol. The first-order chi connectivity index (χ1) is 12.2. The second kappa shape index (κ2) is 7.13. The molecule has 0 unspecified atom stereocenters. The first-order valence-electron chi connectivity index (χ1n) is 9.05. The average molecular weight is 348 g/mol. The first-order valence-corrected chi connectivity index (χ1v) is 9.05. The molecule has 0 aliphatic carbocycles. The SMILES string of the molecule is O=C([C@H]1CCCO1)N1CC[C@@H](c2cc(=O)[nH]c(N3CCOCC3)n2)C1. The van der Waals surface area contributed by atoms with E-state index in [1.54, 1.807) is 6.07 Å². The summed E-state index contributed by atoms with van der Waals surface area (Å²) >= 11 is 0. The Kier molecular flexibility index (Phi) is 4.72. The number of anilines is 1. The van der Waals surface area contributed by atoms with Crippen molar-refractivity contribution >= 4 is 11.9 Å². The monoisotopic (exact) mass is 348 g/mol. The molecule has 0 aromatic carbocycles. The van der Waals surface area contributed by atoms with Gasteiger partial charge in [0.25, 0.3) is 11.5 Å². The van der Waals surface area contributed by atoms with Crippen molar-refractivity contribution < 1.29 is 14.3 Å². The van der Waals surface area contributed by atoms with Crippen molar-refractivity contribution in [3.05, 3.63) is 22.1 Å². The highest BCUT2D eigenvalue weighted by molar-refractivity contribution is 5.81. The van der Waals surface area contributed by atoms with Gasteiger partial charge < -0.3 is 19.3 Å². The Hall–Kier alpha value is -1.93. The second-order valence-electron chi connectivity index (χ2n) is 6.86. The smallest absolute Gasteiger partial charge is 0.252 e. The quantitative estimate of drug-likeness (QED) is 0.834. The minimum absolute atomic E-state index is 0.0817. The Labute approximate surface area is 146 Å². The van der Waals surface area contributed by atoms with Crippen LogP contribution < -0.4 is 10.5 Å². The number of hydrogen-bond donors (Lipinski definition) is 1. The summed E-state index contributed by atoms with van der Waals surface area (Å²) in [5.41, 5.74) is 0.628. The summed E-state index contributed by atoms with van der Waals surface area (Å²) in [6, 6.07) is 1.56. The standard InChI is InChI=1S/C17H24N4O4/c22-15-10-13(18-17(19-15)20-5-8-24-9-6-20)12-3-4-21(11-12)16(23)14-2-1-7-25-14/h10,12,14H,1-9,11H2,(H,18,19,22)/t12-,14-/m1/s1. The summed E-state index contributed by atoms with van der Waals surface area (Å²) in [6.45, 7) is 4.71. The van der Waals surface area contributed by atoms with Crippen molar-refractivity contribution in [3.63, 3.8) is 0 Å². The van der Waals surface area contributed by atoms with E-state index < -0.39 is 0 Å². The molecule has 4 rings (SSSR count). The zero-order valence-electron chi connectivity index (χ0n) is 14.3. The number of H-pyrrole nitrogens is 1. The molecular weight excluding hydrogens is 324 g/mol. The lowest BCUT2D eigenvalue weighted by molar-refractivity contribution is -0.139. The van der Waals surface area contributed by atoms with Crippen molar-refractivity contribution in [2.45, 2.75) is 31.3 Å². The van der Waals surface area contributed by atoms with E-state index in [9.17, 15) is 9.59 Å². The van der Waals surface area contributed by atoms with Crippen LogP contribution in [0.3, 0.4) is 0 Å². The number of aromatic nitrogens is 2. The third kappa shape index (κ3) is 3.55. The molecular formula is C17H24N4O4. The first kappa shape index (κ1) is 16.5. The van der Waals surface area contributed by atoms with E-state index >= 15 is 0 Å². The number of carbonyl (C=O) groups is 1. The molecule has 1 N–H and O–H groups in total. The molecule has 0 saturated carbocycles. The highest BCUT2D eigenvalue weighted by Gasteiger charge is 2.34. The lowest BCUT2D eigenvalue weighted by atomic mass is 10.0. The summed E-state index contributed by atoms with van der Waals surface area (Å²) in [5.74, 6) is 0.792. The molecule has 2 atom stereocenters. The van der Waals surface area contributed by atoms with Crippen LogP contribution in [0.2, 0.25) is 0 Å². The molecule has 4 heterocycles. The predicted octanol–water partition coefficient (Wildman–Crippen LogP) is 0.101. The van der Waals surface area contributed by atoms with Gasteiger partial charge in [0.2, 0.25) is 5.95 Å². The molecule has 3 aliphatic rings. The molecule has 25 heavy (non-hydrogen) atoms. The van der Waals surface area contributed by atoms with Crippen LogP contribution in [-0.2, 0) is 14.3 Å². The Balaban J connectivity index is 1.47. The van der Waals surface area contributed by atoms with Gasteiger partial charge in [-0.25, -0.2) is 4.98 Å². The van der Waals surface area contributed by atoms with Crippen molar-refractivity contribution in [2.24, 2.45) is 0 Å². The number of carbonyl (C=O) groups excluding carboxylic acids is 1. The zero-order valence-corrected chi connectivity index (χ0v) is 14.3. The molecule has 3 aliphatic heterocycles. The number of morpholine rings is 1. The highest BCUT2D eigenvalue weighted by atomic mass is 16.5. The number of rotatable bonds is 3. The normalized spacial score (nSPS) is 27.0. The van der Waals surface area contributed by atoms with E-state index in [1.807, 2.05) is 9.80 Å². The molecule has 1 amide bonds. The highest BCUT2D eigenvalue weighted by Crippen LogP contribution is 2.28. The summed E-state index contributed by atoms with van der Waals surface area (Å²) in [6.07, 6.45) is 2.31. The Morgan fingerprint density at radius 3 is 2.80 bits per heavy atom. The van der Waals surface area contributed by atoms with E-state index in [2.05, 4.69) is 9.97 Å². The van der Waals surface area contributed by atoms with Crippen LogP contribution in [0, 0.1) is 0 Å². The van der Waals surface area contributed by atoms with Crippen LogP contribution in [0.4, 0.5) is 5.95 Å². The molecule has 1 aromatic heterocycles. The molecule has 136 valence electrons. The van der Waals surface area contributed by atoms with Gasteiger partial charge in [-0.15, -0.1) is 0 Å². The van der Waals surface area contributed by atoms with Crippen molar-refractivity contribution in [2.75, 3.05) is 50.9 Å². The summed E-state index contributed by atoms with van der Waals surface area (Å²) in [5, 5.41) is 0. The maximum absolute atomic E-state index is 12.5. The van der Waals surface area contributed by atoms with Gasteiger partial charge in [0, 0.05) is 44.8 Å². The maximum Gasteiger partial charge on any atom is 0.252 e. The van der Waals surface area contributed by atoms with Gasteiger partial charge in [0.1, 0.15) is 6.10 Å². The molecule has 3 fully saturated rings. The molecule has 1 aromatic rings. The summed E-state index contributed by atoms with van der Waals surface area (Å²) in [4.78, 5) is 36.0. The Bertz CT molecular complexity index is 679. The number of ether oxygens (including phenoxy) is 2. The van der Waals surface area contributed by atoms with Crippen LogP contribution in [0.1, 0.15) is 30.9 Å². The van der Waals surface area contributed by atoms with Crippen LogP contribution in [0.25, 0.3) is 0 Å². The Morgan fingerprint density at radius 2 is 2.04 bits per heavy atom. The molecule has 8 nitrogen and oxygen atoms in total.